The van der Waals surface area contributed by atoms with Gasteiger partial charge < -0.3 is 10.0 Å². The summed E-state index contributed by atoms with van der Waals surface area (Å²) in [6.45, 7) is 0. The first-order valence-corrected chi connectivity index (χ1v) is 7.79. The van der Waals surface area contributed by atoms with Gasteiger partial charge in [0.25, 0.3) is 0 Å². The summed E-state index contributed by atoms with van der Waals surface area (Å²) in [6, 6.07) is 1.42. The van der Waals surface area contributed by atoms with Gasteiger partial charge in [0.2, 0.25) is 5.91 Å². The van der Waals surface area contributed by atoms with Gasteiger partial charge in [0, 0.05) is 6.04 Å². The summed E-state index contributed by atoms with van der Waals surface area (Å²) in [5.74, 6) is -0.193. The van der Waals surface area contributed by atoms with E-state index in [4.69, 9.17) is 5.26 Å². The van der Waals surface area contributed by atoms with Crippen molar-refractivity contribution in [3.8, 4) is 6.07 Å². The van der Waals surface area contributed by atoms with E-state index < -0.39 is 12.0 Å². The van der Waals surface area contributed by atoms with Crippen LogP contribution in [-0.2, 0) is 9.59 Å². The van der Waals surface area contributed by atoms with E-state index in [2.05, 4.69) is 0 Å². The van der Waals surface area contributed by atoms with E-state index in [-0.39, 0.29) is 23.5 Å². The first kappa shape index (κ1) is 14.2. The SMILES string of the molecule is N#CCSCC(=O)N1C(C(=O)O)CC2CCCCC21. The molecular formula is C13H18N2O3S. The van der Waals surface area contributed by atoms with Gasteiger partial charge in [-0.05, 0) is 25.2 Å². The number of amides is 1. The third-order valence-electron chi connectivity index (χ3n) is 4.05. The average Bonchev–Trinajstić information content (AvgIpc) is 2.78. The number of fused-ring (bicyclic) bond motifs is 1. The number of hydrogen-bond acceptors (Lipinski definition) is 4. The minimum atomic E-state index is -0.895. The van der Waals surface area contributed by atoms with Gasteiger partial charge >= 0.3 is 5.97 Å². The lowest BCUT2D eigenvalue weighted by molar-refractivity contribution is -0.148. The first-order valence-electron chi connectivity index (χ1n) is 6.63. The van der Waals surface area contributed by atoms with Crippen molar-refractivity contribution in [2.75, 3.05) is 11.5 Å². The number of thioether (sulfide) groups is 1. The zero-order valence-corrected chi connectivity index (χ0v) is 11.6. The molecule has 1 saturated heterocycles. The minimum absolute atomic E-state index is 0.102. The highest BCUT2D eigenvalue weighted by molar-refractivity contribution is 8.00. The molecule has 19 heavy (non-hydrogen) atoms. The molecule has 0 aromatic rings. The number of nitriles is 1. The van der Waals surface area contributed by atoms with Crippen molar-refractivity contribution in [2.45, 2.75) is 44.2 Å². The van der Waals surface area contributed by atoms with Crippen LogP contribution in [0.1, 0.15) is 32.1 Å². The molecule has 0 bridgehead atoms. The summed E-state index contributed by atoms with van der Waals surface area (Å²) in [6.07, 6.45) is 4.75. The Morgan fingerprint density at radius 2 is 2.11 bits per heavy atom. The Hall–Kier alpha value is -1.22. The molecule has 1 aliphatic carbocycles. The van der Waals surface area contributed by atoms with Crippen LogP contribution in [0.25, 0.3) is 0 Å². The third kappa shape index (κ3) is 3.03. The fourth-order valence-corrected chi connectivity index (χ4v) is 3.81. The maximum Gasteiger partial charge on any atom is 0.326 e. The number of carboxylic acid groups (broad SMARTS) is 1. The highest BCUT2D eigenvalue weighted by Crippen LogP contribution is 2.40. The van der Waals surface area contributed by atoms with Crippen LogP contribution in [0.2, 0.25) is 0 Å². The second kappa shape index (κ2) is 6.29. The molecule has 2 aliphatic rings. The van der Waals surface area contributed by atoms with Crippen molar-refractivity contribution in [1.82, 2.24) is 4.90 Å². The maximum atomic E-state index is 12.2. The smallest absolute Gasteiger partial charge is 0.326 e. The van der Waals surface area contributed by atoms with Gasteiger partial charge in [-0.3, -0.25) is 4.79 Å². The van der Waals surface area contributed by atoms with E-state index in [0.29, 0.717) is 12.3 Å². The van der Waals surface area contributed by atoms with E-state index in [1.165, 1.54) is 11.8 Å². The summed E-state index contributed by atoms with van der Waals surface area (Å²) in [4.78, 5) is 25.2. The molecule has 3 atom stereocenters. The van der Waals surface area contributed by atoms with E-state index >= 15 is 0 Å². The highest BCUT2D eigenvalue weighted by Gasteiger charge is 2.47. The van der Waals surface area contributed by atoms with Crippen LogP contribution in [0, 0.1) is 17.2 Å². The topological polar surface area (TPSA) is 81.4 Å². The summed E-state index contributed by atoms with van der Waals surface area (Å²) < 4.78 is 0. The fraction of sp³-hybridized carbons (Fsp3) is 0.769. The lowest BCUT2D eigenvalue weighted by atomic mass is 9.85. The second-order valence-corrected chi connectivity index (χ2v) is 6.14. The predicted octanol–water partition coefficient (Wildman–Crippen LogP) is 1.49. The lowest BCUT2D eigenvalue weighted by Gasteiger charge is -2.32. The van der Waals surface area contributed by atoms with Crippen LogP contribution in [-0.4, -0.2) is 45.5 Å². The summed E-state index contributed by atoms with van der Waals surface area (Å²) >= 11 is 1.26. The Labute approximate surface area is 116 Å². The zero-order valence-electron chi connectivity index (χ0n) is 10.7. The van der Waals surface area contributed by atoms with Crippen LogP contribution in [0.5, 0.6) is 0 Å². The Balaban J connectivity index is 2.07. The monoisotopic (exact) mass is 282 g/mol. The molecule has 5 nitrogen and oxygen atoms in total. The molecule has 0 radical (unpaired) electrons. The molecular weight excluding hydrogens is 264 g/mol. The Kier molecular flexibility index (Phi) is 4.70. The number of aliphatic carboxylic acids is 1. The van der Waals surface area contributed by atoms with Gasteiger partial charge in [-0.15, -0.1) is 11.8 Å². The molecule has 6 heteroatoms. The van der Waals surface area contributed by atoms with Gasteiger partial charge in [0.05, 0.1) is 17.6 Å². The largest absolute Gasteiger partial charge is 0.480 e. The molecule has 3 unspecified atom stereocenters. The van der Waals surface area contributed by atoms with E-state index in [1.807, 2.05) is 6.07 Å². The predicted molar refractivity (Wildman–Crippen MR) is 71.6 cm³/mol. The van der Waals surface area contributed by atoms with Gasteiger partial charge in [0.1, 0.15) is 6.04 Å². The molecule has 1 heterocycles. The molecule has 2 rings (SSSR count). The van der Waals surface area contributed by atoms with E-state index in [9.17, 15) is 14.7 Å². The van der Waals surface area contributed by atoms with Crippen LogP contribution in [0.4, 0.5) is 0 Å². The maximum absolute atomic E-state index is 12.2. The molecule has 104 valence electrons. The number of carboxylic acids is 1. The molecule has 0 spiro atoms. The van der Waals surface area contributed by atoms with Crippen molar-refractivity contribution >= 4 is 23.6 Å². The van der Waals surface area contributed by atoms with Crippen LogP contribution in [0.15, 0.2) is 0 Å². The van der Waals surface area contributed by atoms with E-state index in [1.54, 1.807) is 4.90 Å². The third-order valence-corrected chi connectivity index (χ3v) is 4.84. The van der Waals surface area contributed by atoms with E-state index in [0.717, 1.165) is 25.7 Å². The van der Waals surface area contributed by atoms with Crippen molar-refractivity contribution < 1.29 is 14.7 Å². The van der Waals surface area contributed by atoms with Crippen LogP contribution in [0.3, 0.4) is 0 Å². The van der Waals surface area contributed by atoms with Gasteiger partial charge in [-0.25, -0.2) is 4.79 Å². The van der Waals surface area contributed by atoms with Gasteiger partial charge in [-0.1, -0.05) is 12.8 Å². The van der Waals surface area contributed by atoms with Crippen molar-refractivity contribution in [3.63, 3.8) is 0 Å². The lowest BCUT2D eigenvalue weighted by Crippen LogP contribution is -2.47. The van der Waals surface area contributed by atoms with Gasteiger partial charge in [-0.2, -0.15) is 5.26 Å². The van der Waals surface area contributed by atoms with Crippen LogP contribution < -0.4 is 0 Å². The Morgan fingerprint density at radius 1 is 1.37 bits per heavy atom. The number of carbonyl (C=O) groups excluding carboxylic acids is 1. The summed E-state index contributed by atoms with van der Waals surface area (Å²) in [7, 11) is 0. The highest BCUT2D eigenvalue weighted by atomic mass is 32.2. The molecule has 0 aromatic carbocycles. The van der Waals surface area contributed by atoms with Crippen molar-refractivity contribution in [2.24, 2.45) is 5.92 Å². The summed E-state index contributed by atoms with van der Waals surface area (Å²) in [5.41, 5.74) is 0. The standard InChI is InChI=1S/C13H18N2O3S/c14-5-6-19-8-12(16)15-10-4-2-1-3-9(10)7-11(15)13(17)18/h9-11H,1-4,6-8H2,(H,17,18). The quantitative estimate of drug-likeness (QED) is 0.790. The number of hydrogen-bond donors (Lipinski definition) is 1. The minimum Gasteiger partial charge on any atom is -0.480 e. The molecule has 1 saturated carbocycles. The Bertz CT molecular complexity index is 407. The second-order valence-electron chi connectivity index (χ2n) is 5.15. The number of likely N-dealkylation sites (tertiary alicyclic amines) is 1. The molecule has 1 N–H and O–H groups in total. The Morgan fingerprint density at radius 3 is 2.79 bits per heavy atom. The van der Waals surface area contributed by atoms with Crippen molar-refractivity contribution in [1.29, 1.82) is 5.26 Å². The fourth-order valence-electron chi connectivity index (χ4n) is 3.30. The van der Waals surface area contributed by atoms with Crippen molar-refractivity contribution in [3.05, 3.63) is 0 Å². The number of rotatable bonds is 4. The van der Waals surface area contributed by atoms with Crippen LogP contribution >= 0.6 is 11.8 Å². The number of nitrogens with zero attached hydrogens (tertiary/aromatic N) is 2. The molecule has 1 aliphatic heterocycles. The normalized spacial score (nSPS) is 29.6. The zero-order chi connectivity index (χ0) is 13.8. The molecule has 0 aromatic heterocycles. The number of carbonyl (C=O) groups is 2. The van der Waals surface area contributed by atoms with Gasteiger partial charge in [0.15, 0.2) is 0 Å². The molecule has 2 fully saturated rings. The molecule has 1 amide bonds. The first-order chi connectivity index (χ1) is 9.15. The summed E-state index contributed by atoms with van der Waals surface area (Å²) in [5, 5.41) is 17.8. The average molecular weight is 282 g/mol.